The minimum Gasteiger partial charge on any atom is -0.480 e. The lowest BCUT2D eigenvalue weighted by Crippen LogP contribution is -2.30. The van der Waals surface area contributed by atoms with Crippen LogP contribution in [0.4, 0.5) is 0 Å². The van der Waals surface area contributed by atoms with Crippen LogP contribution in [0.15, 0.2) is 35.3 Å². The molecule has 9 N–H and O–H groups in total. The first-order chi connectivity index (χ1) is 11.8. The third-order valence-electron chi connectivity index (χ3n) is 3.19. The maximum atomic E-state index is 11.3. The Morgan fingerprint density at radius 3 is 2.44 bits per heavy atom. The fourth-order valence-electron chi connectivity index (χ4n) is 1.94. The molecule has 1 fully saturated rings. The minimum absolute atomic E-state index is 0.0129. The molecule has 136 valence electrons. The van der Waals surface area contributed by atoms with Crippen molar-refractivity contribution in [1.82, 2.24) is 10.6 Å². The van der Waals surface area contributed by atoms with E-state index in [1.807, 2.05) is 30.3 Å². The summed E-state index contributed by atoms with van der Waals surface area (Å²) in [6.07, 6.45) is 0.956. The molecule has 1 aliphatic rings. The predicted octanol–water partition coefficient (Wildman–Crippen LogP) is -0.816. The van der Waals surface area contributed by atoms with Crippen molar-refractivity contribution in [1.29, 1.82) is 0 Å². The molecule has 2 atom stereocenters. The molecule has 0 saturated carbocycles. The number of carboxylic acid groups (broad SMARTS) is 1. The highest BCUT2D eigenvalue weighted by Crippen LogP contribution is 2.15. The number of benzene rings is 1. The van der Waals surface area contributed by atoms with Gasteiger partial charge in [0.15, 0.2) is 11.1 Å². The van der Waals surface area contributed by atoms with Crippen LogP contribution in [0.1, 0.15) is 24.4 Å². The number of carbonyl (C=O) groups is 2. The third-order valence-corrected chi connectivity index (χ3v) is 3.41. The third kappa shape index (κ3) is 7.59. The van der Waals surface area contributed by atoms with Crippen molar-refractivity contribution in [3.63, 3.8) is 0 Å². The Morgan fingerprint density at radius 1 is 1.32 bits per heavy atom. The van der Waals surface area contributed by atoms with Crippen LogP contribution in [-0.4, -0.2) is 40.6 Å². The summed E-state index contributed by atoms with van der Waals surface area (Å²) in [6.45, 7) is 0.420. The molecule has 0 spiro atoms. The van der Waals surface area contributed by atoms with E-state index in [1.165, 1.54) is 0 Å². The van der Waals surface area contributed by atoms with Crippen LogP contribution in [0.25, 0.3) is 0 Å². The number of carboxylic acids is 1. The van der Waals surface area contributed by atoms with Gasteiger partial charge in [-0.05, 0) is 30.6 Å². The van der Waals surface area contributed by atoms with Crippen molar-refractivity contribution >= 4 is 35.2 Å². The maximum absolute atomic E-state index is 11.3. The van der Waals surface area contributed by atoms with E-state index in [0.29, 0.717) is 24.5 Å². The summed E-state index contributed by atoms with van der Waals surface area (Å²) >= 11 is 4.83. The number of carbonyl (C=O) groups excluding carboxylic acids is 1. The van der Waals surface area contributed by atoms with E-state index in [1.54, 1.807) is 0 Å². The van der Waals surface area contributed by atoms with Gasteiger partial charge in [0.05, 0.1) is 0 Å². The zero-order valence-electron chi connectivity index (χ0n) is 13.5. The Bertz CT molecular complexity index is 633. The quantitative estimate of drug-likeness (QED) is 0.164. The molecule has 1 saturated heterocycles. The number of nitrogens with one attached hydrogen (secondary N) is 2. The minimum atomic E-state index is -1.00. The SMILES string of the molecule is NC(N)=NCCC[C@H](N)C(=O)O.O=C1NC(=S)NC1c1ccccc1. The van der Waals surface area contributed by atoms with Crippen molar-refractivity contribution in [3.05, 3.63) is 35.9 Å². The van der Waals surface area contributed by atoms with E-state index in [-0.39, 0.29) is 17.9 Å². The lowest BCUT2D eigenvalue weighted by molar-refractivity contribution is -0.138. The molecule has 1 aromatic rings. The lowest BCUT2D eigenvalue weighted by atomic mass is 10.1. The largest absolute Gasteiger partial charge is 0.480 e. The Kier molecular flexibility index (Phi) is 8.30. The summed E-state index contributed by atoms with van der Waals surface area (Å²) in [5.74, 6) is -1.07. The molecule has 0 bridgehead atoms. The van der Waals surface area contributed by atoms with Crippen LogP contribution < -0.4 is 27.8 Å². The number of aliphatic carboxylic acids is 1. The summed E-state index contributed by atoms with van der Waals surface area (Å²) in [6, 6.07) is 8.34. The molecular formula is C15H22N6O3S. The van der Waals surface area contributed by atoms with Crippen LogP contribution in [0, 0.1) is 0 Å². The molecule has 1 amide bonds. The molecule has 1 aromatic carbocycles. The maximum Gasteiger partial charge on any atom is 0.320 e. The normalized spacial score (nSPS) is 16.8. The van der Waals surface area contributed by atoms with Gasteiger partial charge in [-0.15, -0.1) is 0 Å². The summed E-state index contributed by atoms with van der Waals surface area (Å²) in [5, 5.41) is 14.2. The summed E-state index contributed by atoms with van der Waals surface area (Å²) in [7, 11) is 0. The van der Waals surface area contributed by atoms with E-state index in [9.17, 15) is 9.59 Å². The molecule has 0 aromatic heterocycles. The highest BCUT2D eigenvalue weighted by Gasteiger charge is 2.27. The lowest BCUT2D eigenvalue weighted by Gasteiger charge is -2.06. The van der Waals surface area contributed by atoms with Crippen LogP contribution >= 0.6 is 12.2 Å². The number of hydrogen-bond donors (Lipinski definition) is 6. The number of nitrogens with zero attached hydrogens (tertiary/aromatic N) is 1. The molecule has 1 aliphatic heterocycles. The summed E-state index contributed by atoms with van der Waals surface area (Å²) in [5.41, 5.74) is 16.3. The monoisotopic (exact) mass is 366 g/mol. The van der Waals surface area contributed by atoms with Crippen molar-refractivity contribution in [3.8, 4) is 0 Å². The van der Waals surface area contributed by atoms with Gasteiger partial charge >= 0.3 is 5.97 Å². The van der Waals surface area contributed by atoms with Gasteiger partial charge in [-0.1, -0.05) is 30.3 Å². The standard InChI is InChI=1S/C9H8N2OS.C6H14N4O2/c12-8-7(10-9(13)11-8)6-4-2-1-3-5-6;7-4(5(11)12)2-1-3-10-6(8)9/h1-5,7H,(H2,10,11,12,13);4H,1-3,7H2,(H,11,12)(H4,8,9,10)/t;4-/m.0/s1. The van der Waals surface area contributed by atoms with E-state index in [4.69, 9.17) is 34.5 Å². The van der Waals surface area contributed by atoms with Crippen LogP contribution in [0.3, 0.4) is 0 Å². The number of aliphatic imine (C=N–C) groups is 1. The number of amides is 1. The zero-order valence-corrected chi connectivity index (χ0v) is 14.3. The first-order valence-corrected chi connectivity index (χ1v) is 7.92. The average Bonchev–Trinajstić information content (AvgIpc) is 2.91. The van der Waals surface area contributed by atoms with Gasteiger partial charge in [0, 0.05) is 6.54 Å². The topological polar surface area (TPSA) is 169 Å². The summed E-state index contributed by atoms with van der Waals surface area (Å²) < 4.78 is 0. The van der Waals surface area contributed by atoms with Crippen LogP contribution in [0.5, 0.6) is 0 Å². The van der Waals surface area contributed by atoms with Gasteiger partial charge < -0.3 is 32.9 Å². The van der Waals surface area contributed by atoms with Gasteiger partial charge in [0.25, 0.3) is 5.91 Å². The number of thiocarbonyl (C=S) groups is 1. The molecule has 0 radical (unpaired) electrons. The van der Waals surface area contributed by atoms with Crippen molar-refractivity contribution < 1.29 is 14.7 Å². The first kappa shape index (κ1) is 20.3. The average molecular weight is 366 g/mol. The number of nitrogens with two attached hydrogens (primary N) is 3. The predicted molar refractivity (Wildman–Crippen MR) is 98.6 cm³/mol. The Labute approximate surface area is 150 Å². The molecular weight excluding hydrogens is 344 g/mol. The van der Waals surface area contributed by atoms with E-state index < -0.39 is 12.0 Å². The molecule has 1 unspecified atom stereocenters. The van der Waals surface area contributed by atoms with Gasteiger partial charge in [0.2, 0.25) is 0 Å². The van der Waals surface area contributed by atoms with Gasteiger partial charge in [0.1, 0.15) is 12.1 Å². The van der Waals surface area contributed by atoms with Crippen LogP contribution in [-0.2, 0) is 9.59 Å². The smallest absolute Gasteiger partial charge is 0.320 e. The fraction of sp³-hybridized carbons (Fsp3) is 0.333. The van der Waals surface area contributed by atoms with Crippen molar-refractivity contribution in [2.75, 3.05) is 6.54 Å². The molecule has 2 rings (SSSR count). The van der Waals surface area contributed by atoms with Crippen molar-refractivity contribution in [2.24, 2.45) is 22.2 Å². The molecule has 1 heterocycles. The Morgan fingerprint density at radius 2 is 1.96 bits per heavy atom. The molecule has 25 heavy (non-hydrogen) atoms. The van der Waals surface area contributed by atoms with Gasteiger partial charge in [-0.3, -0.25) is 14.6 Å². The number of hydrogen-bond acceptors (Lipinski definition) is 5. The fourth-order valence-corrected chi connectivity index (χ4v) is 2.16. The highest BCUT2D eigenvalue weighted by molar-refractivity contribution is 7.80. The number of guanidine groups is 1. The zero-order chi connectivity index (χ0) is 18.8. The second kappa shape index (κ2) is 10.2. The molecule has 10 heteroatoms. The van der Waals surface area contributed by atoms with E-state index in [0.717, 1.165) is 5.56 Å². The first-order valence-electron chi connectivity index (χ1n) is 7.51. The van der Waals surface area contributed by atoms with Crippen LogP contribution in [0.2, 0.25) is 0 Å². The van der Waals surface area contributed by atoms with Gasteiger partial charge in [-0.25, -0.2) is 0 Å². The Hall–Kier alpha value is -2.72. The second-order valence-electron chi connectivity index (χ2n) is 5.20. The Balaban J connectivity index is 0.000000252. The van der Waals surface area contributed by atoms with Crippen molar-refractivity contribution in [2.45, 2.75) is 24.9 Å². The summed E-state index contributed by atoms with van der Waals surface area (Å²) in [4.78, 5) is 25.2. The molecule has 0 aliphatic carbocycles. The van der Waals surface area contributed by atoms with E-state index >= 15 is 0 Å². The van der Waals surface area contributed by atoms with Gasteiger partial charge in [-0.2, -0.15) is 0 Å². The molecule has 9 nitrogen and oxygen atoms in total. The van der Waals surface area contributed by atoms with E-state index in [2.05, 4.69) is 15.6 Å². The second-order valence-corrected chi connectivity index (χ2v) is 5.61. The number of rotatable bonds is 6. The highest BCUT2D eigenvalue weighted by atomic mass is 32.1.